The van der Waals surface area contributed by atoms with E-state index < -0.39 is 11.6 Å². The van der Waals surface area contributed by atoms with Gasteiger partial charge >= 0.3 is 0 Å². The summed E-state index contributed by atoms with van der Waals surface area (Å²) < 4.78 is 28.8. The standard InChI is InChI=1S/C20H24F2N6S.HI/c1-3-19-27-25-13-28(19)9-8-23-20(24-12-16-5-4-10-29-16)26-14(2)15-6-7-17(21)18(22)11-15;/h4-7,10-11,13-14H,3,8-9,12H2,1-2H3,(H2,23,24,26);1H. The number of thiophene rings is 1. The highest BCUT2D eigenvalue weighted by Crippen LogP contribution is 2.16. The van der Waals surface area contributed by atoms with Crippen LogP contribution >= 0.6 is 35.3 Å². The number of rotatable bonds is 8. The zero-order valence-corrected chi connectivity index (χ0v) is 20.0. The highest BCUT2D eigenvalue weighted by atomic mass is 127. The largest absolute Gasteiger partial charge is 0.355 e. The number of hydrogen-bond donors (Lipinski definition) is 2. The van der Waals surface area contributed by atoms with E-state index in [0.29, 0.717) is 31.2 Å². The highest BCUT2D eigenvalue weighted by Gasteiger charge is 2.11. The molecule has 1 atom stereocenters. The molecule has 0 aliphatic heterocycles. The Labute approximate surface area is 195 Å². The molecule has 0 fully saturated rings. The summed E-state index contributed by atoms with van der Waals surface area (Å²) >= 11 is 1.64. The lowest BCUT2D eigenvalue weighted by atomic mass is 10.1. The Morgan fingerprint density at radius 2 is 2.10 bits per heavy atom. The van der Waals surface area contributed by atoms with Gasteiger partial charge in [0.15, 0.2) is 17.6 Å². The molecule has 0 aliphatic carbocycles. The Morgan fingerprint density at radius 3 is 2.80 bits per heavy atom. The van der Waals surface area contributed by atoms with E-state index in [2.05, 4.69) is 25.8 Å². The van der Waals surface area contributed by atoms with Crippen molar-refractivity contribution in [1.82, 2.24) is 25.4 Å². The number of benzene rings is 1. The first-order valence-corrected chi connectivity index (χ1v) is 10.3. The predicted octanol–water partition coefficient (Wildman–Crippen LogP) is 4.29. The summed E-state index contributed by atoms with van der Waals surface area (Å²) in [5.41, 5.74) is 0.640. The number of aliphatic imine (C=N–C) groups is 1. The summed E-state index contributed by atoms with van der Waals surface area (Å²) in [4.78, 5) is 5.77. The zero-order chi connectivity index (χ0) is 20.6. The van der Waals surface area contributed by atoms with Gasteiger partial charge in [0, 0.05) is 24.4 Å². The van der Waals surface area contributed by atoms with Crippen molar-refractivity contribution in [2.24, 2.45) is 4.99 Å². The smallest absolute Gasteiger partial charge is 0.192 e. The molecule has 3 aromatic rings. The number of halogens is 3. The van der Waals surface area contributed by atoms with Crippen LogP contribution in [0.4, 0.5) is 8.78 Å². The van der Waals surface area contributed by atoms with Gasteiger partial charge in [0.1, 0.15) is 12.2 Å². The molecule has 0 radical (unpaired) electrons. The van der Waals surface area contributed by atoms with Crippen LogP contribution in [0.3, 0.4) is 0 Å². The van der Waals surface area contributed by atoms with Gasteiger partial charge in [-0.1, -0.05) is 19.1 Å². The van der Waals surface area contributed by atoms with Gasteiger partial charge < -0.3 is 15.2 Å². The summed E-state index contributed by atoms with van der Waals surface area (Å²) in [6.45, 7) is 5.75. The van der Waals surface area contributed by atoms with Crippen LogP contribution < -0.4 is 10.6 Å². The molecule has 3 rings (SSSR count). The van der Waals surface area contributed by atoms with Crippen LogP contribution in [-0.4, -0.2) is 27.3 Å². The topological polar surface area (TPSA) is 67.1 Å². The molecule has 1 unspecified atom stereocenters. The van der Waals surface area contributed by atoms with E-state index in [1.54, 1.807) is 23.7 Å². The van der Waals surface area contributed by atoms with Crippen molar-refractivity contribution < 1.29 is 8.78 Å². The predicted molar refractivity (Wildman–Crippen MR) is 126 cm³/mol. The van der Waals surface area contributed by atoms with Gasteiger partial charge in [0.05, 0.1) is 12.6 Å². The second kappa shape index (κ2) is 11.9. The van der Waals surface area contributed by atoms with Crippen LogP contribution in [0.15, 0.2) is 47.0 Å². The Kier molecular flexibility index (Phi) is 9.63. The monoisotopic (exact) mass is 546 g/mol. The number of hydrogen-bond acceptors (Lipinski definition) is 4. The molecule has 0 amide bonds. The fourth-order valence-corrected chi connectivity index (χ4v) is 3.44. The Morgan fingerprint density at radius 1 is 1.27 bits per heavy atom. The van der Waals surface area contributed by atoms with E-state index >= 15 is 0 Å². The van der Waals surface area contributed by atoms with Crippen molar-refractivity contribution in [3.8, 4) is 0 Å². The van der Waals surface area contributed by atoms with Gasteiger partial charge in [-0.3, -0.25) is 0 Å². The molecule has 2 aromatic heterocycles. The minimum atomic E-state index is -0.860. The van der Waals surface area contributed by atoms with Crippen LogP contribution in [0.25, 0.3) is 0 Å². The minimum Gasteiger partial charge on any atom is -0.355 e. The first kappa shape index (κ1) is 24.2. The summed E-state index contributed by atoms with van der Waals surface area (Å²) in [7, 11) is 0. The summed E-state index contributed by atoms with van der Waals surface area (Å²) in [6, 6.07) is 7.66. The summed E-state index contributed by atoms with van der Waals surface area (Å²) in [5, 5.41) is 16.6. The number of aromatic nitrogens is 3. The third-order valence-electron chi connectivity index (χ3n) is 4.43. The van der Waals surface area contributed by atoms with Gasteiger partial charge in [-0.15, -0.1) is 45.5 Å². The second-order valence-electron chi connectivity index (χ2n) is 6.50. The maximum Gasteiger partial charge on any atom is 0.192 e. The maximum atomic E-state index is 13.6. The Hall–Kier alpha value is -2.08. The molecule has 0 aliphatic rings. The molecule has 10 heteroatoms. The van der Waals surface area contributed by atoms with E-state index in [4.69, 9.17) is 0 Å². The normalized spacial score (nSPS) is 12.3. The van der Waals surface area contributed by atoms with E-state index in [0.717, 1.165) is 23.2 Å². The molecule has 0 spiro atoms. The lowest BCUT2D eigenvalue weighted by molar-refractivity contribution is 0.504. The fourth-order valence-electron chi connectivity index (χ4n) is 2.82. The molecule has 2 N–H and O–H groups in total. The Bertz CT molecular complexity index is 945. The first-order chi connectivity index (χ1) is 14.1. The molecule has 6 nitrogen and oxygen atoms in total. The average Bonchev–Trinajstić information content (AvgIpc) is 3.39. The van der Waals surface area contributed by atoms with Gasteiger partial charge in [0.25, 0.3) is 0 Å². The molecule has 0 bridgehead atoms. The lowest BCUT2D eigenvalue weighted by Gasteiger charge is -2.19. The van der Waals surface area contributed by atoms with Gasteiger partial charge in [-0.2, -0.15) is 0 Å². The van der Waals surface area contributed by atoms with Crippen LogP contribution in [0.2, 0.25) is 0 Å². The van der Waals surface area contributed by atoms with Crippen LogP contribution in [0, 0.1) is 11.6 Å². The molecule has 30 heavy (non-hydrogen) atoms. The van der Waals surface area contributed by atoms with Crippen LogP contribution in [0.1, 0.15) is 36.2 Å². The van der Waals surface area contributed by atoms with E-state index in [-0.39, 0.29) is 30.0 Å². The highest BCUT2D eigenvalue weighted by molar-refractivity contribution is 14.0. The number of nitrogens with zero attached hydrogens (tertiary/aromatic N) is 4. The van der Waals surface area contributed by atoms with E-state index in [1.165, 1.54) is 6.07 Å². The van der Waals surface area contributed by atoms with Gasteiger partial charge in [-0.25, -0.2) is 13.8 Å². The van der Waals surface area contributed by atoms with Crippen molar-refractivity contribution in [2.75, 3.05) is 6.54 Å². The van der Waals surface area contributed by atoms with Crippen molar-refractivity contribution >= 4 is 41.3 Å². The number of aryl methyl sites for hydroxylation is 1. The van der Waals surface area contributed by atoms with Gasteiger partial charge in [-0.05, 0) is 36.1 Å². The van der Waals surface area contributed by atoms with Crippen molar-refractivity contribution in [3.05, 3.63) is 69.9 Å². The lowest BCUT2D eigenvalue weighted by Crippen LogP contribution is -2.40. The van der Waals surface area contributed by atoms with Crippen molar-refractivity contribution in [1.29, 1.82) is 0 Å². The molecular weight excluding hydrogens is 521 g/mol. The summed E-state index contributed by atoms with van der Waals surface area (Å²) in [5.74, 6) is -0.194. The summed E-state index contributed by atoms with van der Waals surface area (Å²) in [6.07, 6.45) is 2.52. The minimum absolute atomic E-state index is 0. The number of guanidine groups is 1. The van der Waals surface area contributed by atoms with Crippen LogP contribution in [-0.2, 0) is 19.5 Å². The van der Waals surface area contributed by atoms with Gasteiger partial charge in [0.2, 0.25) is 0 Å². The molecule has 0 saturated carbocycles. The Balaban J connectivity index is 0.00000320. The third kappa shape index (κ3) is 6.73. The quantitative estimate of drug-likeness (QED) is 0.251. The third-order valence-corrected chi connectivity index (χ3v) is 5.29. The SMILES string of the molecule is CCc1nncn1CCNC(=NCc1cccs1)NC(C)c1ccc(F)c(F)c1.I. The van der Waals surface area contributed by atoms with E-state index in [9.17, 15) is 8.78 Å². The molecule has 0 saturated heterocycles. The average molecular weight is 546 g/mol. The number of nitrogens with one attached hydrogen (secondary N) is 2. The fraction of sp³-hybridized carbons (Fsp3) is 0.350. The van der Waals surface area contributed by atoms with E-state index in [1.807, 2.05) is 35.9 Å². The van der Waals surface area contributed by atoms with Crippen molar-refractivity contribution in [3.63, 3.8) is 0 Å². The molecule has 1 aromatic carbocycles. The molecule has 162 valence electrons. The molecular formula is C20H25F2IN6S. The van der Waals surface area contributed by atoms with Crippen molar-refractivity contribution in [2.45, 2.75) is 39.4 Å². The second-order valence-corrected chi connectivity index (χ2v) is 7.54. The maximum absolute atomic E-state index is 13.6. The zero-order valence-electron chi connectivity index (χ0n) is 16.8. The molecule has 2 heterocycles. The van der Waals surface area contributed by atoms with Crippen LogP contribution in [0.5, 0.6) is 0 Å². The first-order valence-electron chi connectivity index (χ1n) is 9.45.